The maximum Gasteiger partial charge on any atom is 0.331 e. The minimum Gasteiger partial charge on any atom is -0.478 e. The van der Waals surface area contributed by atoms with Crippen LogP contribution in [0.5, 0.6) is 0 Å². The highest BCUT2D eigenvalue weighted by Crippen LogP contribution is 2.04. The summed E-state index contributed by atoms with van der Waals surface area (Å²) < 4.78 is 0. The molecule has 62 valence electrons. The van der Waals surface area contributed by atoms with E-state index in [1.165, 1.54) is 0 Å². The Balaban J connectivity index is 4.07. The van der Waals surface area contributed by atoms with Gasteiger partial charge in [-0.05, 0) is 12.8 Å². The number of rotatable bonds is 5. The molecule has 11 heavy (non-hydrogen) atoms. The van der Waals surface area contributed by atoms with Gasteiger partial charge in [-0.3, -0.25) is 0 Å². The first-order valence-electron chi connectivity index (χ1n) is 3.75. The van der Waals surface area contributed by atoms with Crippen molar-refractivity contribution in [2.75, 3.05) is 0 Å². The average molecular weight is 154 g/mol. The van der Waals surface area contributed by atoms with Crippen LogP contribution in [0.4, 0.5) is 0 Å². The van der Waals surface area contributed by atoms with Crippen LogP contribution in [-0.2, 0) is 4.79 Å². The van der Waals surface area contributed by atoms with E-state index in [4.69, 9.17) is 5.11 Å². The zero-order valence-electron chi connectivity index (χ0n) is 6.84. The Morgan fingerprint density at radius 3 is 2.64 bits per heavy atom. The van der Waals surface area contributed by atoms with Gasteiger partial charge in [0.05, 0.1) is 0 Å². The van der Waals surface area contributed by atoms with E-state index >= 15 is 0 Å². The lowest BCUT2D eigenvalue weighted by atomic mass is 10.1. The first kappa shape index (κ1) is 9.95. The lowest BCUT2D eigenvalue weighted by molar-refractivity contribution is -0.132. The zero-order chi connectivity index (χ0) is 8.69. The van der Waals surface area contributed by atoms with E-state index in [9.17, 15) is 4.79 Å². The van der Waals surface area contributed by atoms with E-state index in [1.54, 1.807) is 12.2 Å². The second-order valence-electron chi connectivity index (χ2n) is 2.32. The maximum atomic E-state index is 10.5. The van der Waals surface area contributed by atoms with Gasteiger partial charge in [0.2, 0.25) is 0 Å². The molecule has 0 aliphatic heterocycles. The van der Waals surface area contributed by atoms with Gasteiger partial charge < -0.3 is 5.11 Å². The molecule has 1 N–H and O–H groups in total. The van der Waals surface area contributed by atoms with Crippen molar-refractivity contribution in [3.8, 4) is 0 Å². The molecule has 2 nitrogen and oxygen atoms in total. The van der Waals surface area contributed by atoms with E-state index < -0.39 is 5.97 Å². The van der Waals surface area contributed by atoms with Crippen LogP contribution in [0.15, 0.2) is 24.3 Å². The van der Waals surface area contributed by atoms with Crippen molar-refractivity contribution in [2.24, 2.45) is 0 Å². The molecular formula is C9H14O2. The zero-order valence-corrected chi connectivity index (χ0v) is 6.84. The van der Waals surface area contributed by atoms with Crippen LogP contribution in [0.3, 0.4) is 0 Å². The molecule has 0 aliphatic rings. The number of carboxylic acid groups (broad SMARTS) is 1. The summed E-state index contributed by atoms with van der Waals surface area (Å²) in [6, 6.07) is 0. The Bertz CT molecular complexity index is 168. The van der Waals surface area contributed by atoms with Crippen LogP contribution in [0, 0.1) is 0 Å². The van der Waals surface area contributed by atoms with E-state index in [1.807, 2.05) is 6.92 Å². The van der Waals surface area contributed by atoms with Gasteiger partial charge in [-0.1, -0.05) is 25.5 Å². The van der Waals surface area contributed by atoms with Gasteiger partial charge in [-0.15, -0.1) is 6.58 Å². The van der Waals surface area contributed by atoms with Crippen molar-refractivity contribution < 1.29 is 9.90 Å². The van der Waals surface area contributed by atoms with Crippen molar-refractivity contribution in [3.63, 3.8) is 0 Å². The molecule has 0 aromatic heterocycles. The Morgan fingerprint density at radius 2 is 2.27 bits per heavy atom. The van der Waals surface area contributed by atoms with Crippen molar-refractivity contribution >= 4 is 5.97 Å². The van der Waals surface area contributed by atoms with Gasteiger partial charge in [-0.25, -0.2) is 4.79 Å². The number of carbonyl (C=O) groups is 1. The minimum atomic E-state index is -0.835. The molecule has 0 radical (unpaired) electrons. The summed E-state index contributed by atoms with van der Waals surface area (Å²) in [7, 11) is 0. The lowest BCUT2D eigenvalue weighted by Crippen LogP contribution is -1.99. The molecule has 0 aromatic carbocycles. The Hall–Kier alpha value is -1.05. The molecule has 0 bridgehead atoms. The molecule has 0 unspecified atom stereocenters. The van der Waals surface area contributed by atoms with Gasteiger partial charge in [-0.2, -0.15) is 0 Å². The summed E-state index contributed by atoms with van der Waals surface area (Å²) in [5.41, 5.74) is 0.446. The molecule has 0 heterocycles. The normalized spacial score (nSPS) is 11.2. The highest BCUT2D eigenvalue weighted by Gasteiger charge is 2.02. The monoisotopic (exact) mass is 154 g/mol. The molecule has 0 fully saturated rings. The molecule has 0 spiro atoms. The number of carboxylic acids is 1. The SMILES string of the molecule is C=CCC(=CCCC)C(=O)O. The van der Waals surface area contributed by atoms with Crippen molar-refractivity contribution in [1.82, 2.24) is 0 Å². The van der Waals surface area contributed by atoms with Crippen molar-refractivity contribution in [2.45, 2.75) is 26.2 Å². The maximum absolute atomic E-state index is 10.5. The minimum absolute atomic E-state index is 0.446. The number of allylic oxidation sites excluding steroid dienone is 2. The largest absolute Gasteiger partial charge is 0.478 e. The number of aliphatic carboxylic acids is 1. The molecule has 0 rings (SSSR count). The predicted molar refractivity (Wildman–Crippen MR) is 45.4 cm³/mol. The van der Waals surface area contributed by atoms with Crippen LogP contribution in [0.1, 0.15) is 26.2 Å². The fourth-order valence-corrected chi connectivity index (χ4v) is 0.732. The van der Waals surface area contributed by atoms with Crippen LogP contribution >= 0.6 is 0 Å². The van der Waals surface area contributed by atoms with Gasteiger partial charge in [0.15, 0.2) is 0 Å². The van der Waals surface area contributed by atoms with Crippen LogP contribution in [-0.4, -0.2) is 11.1 Å². The molecule has 0 atom stereocenters. The molecule has 0 aromatic rings. The van der Waals surface area contributed by atoms with Gasteiger partial charge in [0.25, 0.3) is 0 Å². The third-order valence-electron chi connectivity index (χ3n) is 1.32. The fraction of sp³-hybridized carbons (Fsp3) is 0.444. The summed E-state index contributed by atoms with van der Waals surface area (Å²) >= 11 is 0. The van der Waals surface area contributed by atoms with Crippen molar-refractivity contribution in [3.05, 3.63) is 24.3 Å². The number of hydrogen-bond acceptors (Lipinski definition) is 1. The van der Waals surface area contributed by atoms with E-state index in [0.29, 0.717) is 12.0 Å². The van der Waals surface area contributed by atoms with Gasteiger partial charge >= 0.3 is 5.97 Å². The van der Waals surface area contributed by atoms with E-state index in [-0.39, 0.29) is 0 Å². The second-order valence-corrected chi connectivity index (χ2v) is 2.32. The van der Waals surface area contributed by atoms with Crippen LogP contribution < -0.4 is 0 Å². The summed E-state index contributed by atoms with van der Waals surface area (Å²) in [6.45, 7) is 5.50. The van der Waals surface area contributed by atoms with E-state index in [0.717, 1.165) is 12.8 Å². The number of hydrogen-bond donors (Lipinski definition) is 1. The molecule has 0 aliphatic carbocycles. The summed E-state index contributed by atoms with van der Waals surface area (Å²) in [4.78, 5) is 10.5. The summed E-state index contributed by atoms with van der Waals surface area (Å²) in [6.07, 6.45) is 5.62. The fourth-order valence-electron chi connectivity index (χ4n) is 0.732. The molecule has 0 saturated heterocycles. The highest BCUT2D eigenvalue weighted by molar-refractivity contribution is 5.86. The third kappa shape index (κ3) is 4.37. The van der Waals surface area contributed by atoms with E-state index in [2.05, 4.69) is 6.58 Å². The van der Waals surface area contributed by atoms with Crippen LogP contribution in [0.2, 0.25) is 0 Å². The Morgan fingerprint density at radius 1 is 1.64 bits per heavy atom. The summed E-state index contributed by atoms with van der Waals surface area (Å²) in [5.74, 6) is -0.835. The highest BCUT2D eigenvalue weighted by atomic mass is 16.4. The molecular weight excluding hydrogens is 140 g/mol. The first-order valence-corrected chi connectivity index (χ1v) is 3.75. The Labute approximate surface area is 67.2 Å². The first-order chi connectivity index (χ1) is 5.22. The van der Waals surface area contributed by atoms with Gasteiger partial charge in [0.1, 0.15) is 0 Å². The molecule has 2 heteroatoms. The standard InChI is InChI=1S/C9H14O2/c1-3-5-7-8(6-4-2)9(10)11/h4,7H,2-3,5-6H2,1H3,(H,10,11). The third-order valence-corrected chi connectivity index (χ3v) is 1.32. The smallest absolute Gasteiger partial charge is 0.331 e. The molecule has 0 saturated carbocycles. The predicted octanol–water partition coefficient (Wildman–Crippen LogP) is 2.37. The average Bonchev–Trinajstić information content (AvgIpc) is 1.97. The van der Waals surface area contributed by atoms with Crippen LogP contribution in [0.25, 0.3) is 0 Å². The summed E-state index contributed by atoms with van der Waals surface area (Å²) in [5, 5.41) is 8.61. The number of unbranched alkanes of at least 4 members (excludes halogenated alkanes) is 1. The lowest BCUT2D eigenvalue weighted by Gasteiger charge is -1.95. The van der Waals surface area contributed by atoms with Crippen molar-refractivity contribution in [1.29, 1.82) is 0 Å². The van der Waals surface area contributed by atoms with Gasteiger partial charge in [0, 0.05) is 5.57 Å². The quantitative estimate of drug-likeness (QED) is 0.487. The second kappa shape index (κ2) is 5.71. The topological polar surface area (TPSA) is 37.3 Å². The molecule has 0 amide bonds. The Kier molecular flexibility index (Phi) is 5.17.